The number of rotatable bonds is 6. The Morgan fingerprint density at radius 3 is 2.59 bits per heavy atom. The predicted molar refractivity (Wildman–Crippen MR) is 67.6 cm³/mol. The minimum Gasteiger partial charge on any atom is -0.427 e. The molecule has 1 heterocycles. The van der Waals surface area contributed by atoms with Gasteiger partial charge in [-0.15, -0.1) is 0 Å². The topological polar surface area (TPSA) is 67.5 Å². The molecule has 1 aromatic heterocycles. The summed E-state index contributed by atoms with van der Waals surface area (Å²) in [7, 11) is 0.391. The molecule has 0 atom stereocenters. The molecule has 1 rings (SSSR count). The van der Waals surface area contributed by atoms with Gasteiger partial charge in [0.15, 0.2) is 0 Å². The molecule has 0 saturated carbocycles. The number of aliphatic hydroxyl groups is 2. The molecule has 0 aliphatic rings. The first-order valence-corrected chi connectivity index (χ1v) is 5.75. The van der Waals surface area contributed by atoms with Crippen LogP contribution in [0, 0.1) is 0 Å². The quantitative estimate of drug-likeness (QED) is 0.653. The van der Waals surface area contributed by atoms with Crippen molar-refractivity contribution in [3.63, 3.8) is 0 Å². The van der Waals surface area contributed by atoms with Gasteiger partial charge >= 0.3 is 7.48 Å². The standard InChI is InChI=1S/C11H21BN2O3/c1-10(2,16)11(3,4)17-12-9-7-13-14(8-9)5-6-15/h7-8,12,15-16H,5-6H2,1-4H3. The molecule has 0 aliphatic carbocycles. The SMILES string of the molecule is CC(C)(O)C(C)(C)OBc1cnn(CCO)c1. The lowest BCUT2D eigenvalue weighted by atomic mass is 9.84. The Balaban J connectivity index is 2.55. The van der Waals surface area contributed by atoms with Crippen molar-refractivity contribution in [3.8, 4) is 0 Å². The van der Waals surface area contributed by atoms with E-state index < -0.39 is 11.2 Å². The molecule has 0 aromatic carbocycles. The average molecular weight is 240 g/mol. The van der Waals surface area contributed by atoms with Crippen LogP contribution in [-0.4, -0.2) is 45.3 Å². The van der Waals surface area contributed by atoms with Crippen LogP contribution < -0.4 is 5.46 Å². The van der Waals surface area contributed by atoms with Gasteiger partial charge in [0.25, 0.3) is 0 Å². The molecule has 96 valence electrons. The zero-order chi connectivity index (χ0) is 13.1. The highest BCUT2D eigenvalue weighted by atomic mass is 16.5. The van der Waals surface area contributed by atoms with Crippen LogP contribution in [0.4, 0.5) is 0 Å². The zero-order valence-electron chi connectivity index (χ0n) is 11.0. The van der Waals surface area contributed by atoms with Crippen molar-refractivity contribution in [1.29, 1.82) is 0 Å². The van der Waals surface area contributed by atoms with E-state index in [1.54, 1.807) is 24.7 Å². The molecule has 2 N–H and O–H groups in total. The molecule has 0 bridgehead atoms. The van der Waals surface area contributed by atoms with Crippen LogP contribution in [0.15, 0.2) is 12.4 Å². The molecule has 5 nitrogen and oxygen atoms in total. The van der Waals surface area contributed by atoms with Crippen LogP contribution in [0.25, 0.3) is 0 Å². The fourth-order valence-electron chi connectivity index (χ4n) is 1.15. The molecular weight excluding hydrogens is 219 g/mol. The summed E-state index contributed by atoms with van der Waals surface area (Å²) < 4.78 is 7.37. The third-order valence-electron chi connectivity index (χ3n) is 3.09. The Morgan fingerprint density at radius 2 is 2.06 bits per heavy atom. The van der Waals surface area contributed by atoms with E-state index in [0.29, 0.717) is 14.0 Å². The zero-order valence-corrected chi connectivity index (χ0v) is 11.0. The number of hydrogen-bond donors (Lipinski definition) is 2. The van der Waals surface area contributed by atoms with Gasteiger partial charge in [0.2, 0.25) is 0 Å². The van der Waals surface area contributed by atoms with Gasteiger partial charge in [0.05, 0.1) is 24.4 Å². The molecule has 1 aromatic rings. The van der Waals surface area contributed by atoms with Gasteiger partial charge in [0.1, 0.15) is 0 Å². The van der Waals surface area contributed by atoms with Crippen LogP contribution in [-0.2, 0) is 11.2 Å². The van der Waals surface area contributed by atoms with Gasteiger partial charge in [-0.3, -0.25) is 4.68 Å². The van der Waals surface area contributed by atoms with Gasteiger partial charge in [-0.05, 0) is 33.2 Å². The van der Waals surface area contributed by atoms with E-state index >= 15 is 0 Å². The first-order valence-electron chi connectivity index (χ1n) is 5.75. The molecule has 0 spiro atoms. The third-order valence-corrected chi connectivity index (χ3v) is 3.09. The summed E-state index contributed by atoms with van der Waals surface area (Å²) in [6, 6.07) is 0. The van der Waals surface area contributed by atoms with Crippen LogP contribution >= 0.6 is 0 Å². The largest absolute Gasteiger partial charge is 0.427 e. The molecule has 0 unspecified atom stereocenters. The van der Waals surface area contributed by atoms with Gasteiger partial charge in [-0.25, -0.2) is 0 Å². The Morgan fingerprint density at radius 1 is 1.41 bits per heavy atom. The molecule has 0 saturated heterocycles. The third kappa shape index (κ3) is 3.83. The van der Waals surface area contributed by atoms with E-state index in [1.165, 1.54) is 0 Å². The summed E-state index contributed by atoms with van der Waals surface area (Å²) in [6.07, 6.45) is 3.53. The summed E-state index contributed by atoms with van der Waals surface area (Å²) in [5.41, 5.74) is -0.615. The summed E-state index contributed by atoms with van der Waals surface area (Å²) in [6.45, 7) is 7.70. The summed E-state index contributed by atoms with van der Waals surface area (Å²) in [5, 5.41) is 22.8. The lowest BCUT2D eigenvalue weighted by molar-refractivity contribution is -0.0893. The van der Waals surface area contributed by atoms with E-state index in [4.69, 9.17) is 9.76 Å². The van der Waals surface area contributed by atoms with Gasteiger partial charge < -0.3 is 14.9 Å². The normalized spacial score (nSPS) is 12.8. The first-order chi connectivity index (χ1) is 7.76. The molecule has 0 amide bonds. The van der Waals surface area contributed by atoms with Crippen molar-refractivity contribution in [2.45, 2.75) is 45.4 Å². The van der Waals surface area contributed by atoms with E-state index in [9.17, 15) is 5.11 Å². The Kier molecular flexibility index (Phi) is 4.35. The van der Waals surface area contributed by atoms with Crippen molar-refractivity contribution in [2.75, 3.05) is 6.61 Å². The van der Waals surface area contributed by atoms with Crippen molar-refractivity contribution < 1.29 is 14.9 Å². The van der Waals surface area contributed by atoms with Gasteiger partial charge in [-0.1, -0.05) is 0 Å². The minimum atomic E-state index is -0.909. The van der Waals surface area contributed by atoms with Crippen molar-refractivity contribution in [3.05, 3.63) is 12.4 Å². The second-order valence-corrected chi connectivity index (χ2v) is 5.19. The van der Waals surface area contributed by atoms with E-state index in [2.05, 4.69) is 5.10 Å². The highest BCUT2D eigenvalue weighted by Crippen LogP contribution is 2.24. The lowest BCUT2D eigenvalue weighted by Crippen LogP contribution is -2.49. The van der Waals surface area contributed by atoms with Crippen LogP contribution in [0.2, 0.25) is 0 Å². The van der Waals surface area contributed by atoms with Crippen molar-refractivity contribution in [1.82, 2.24) is 9.78 Å². The van der Waals surface area contributed by atoms with E-state index in [1.807, 2.05) is 20.0 Å². The monoisotopic (exact) mass is 240 g/mol. The van der Waals surface area contributed by atoms with Gasteiger partial charge in [0, 0.05) is 12.4 Å². The molecule has 0 aliphatic heterocycles. The van der Waals surface area contributed by atoms with Crippen LogP contribution in [0.1, 0.15) is 27.7 Å². The molecule has 17 heavy (non-hydrogen) atoms. The molecule has 6 heteroatoms. The summed E-state index contributed by atoms with van der Waals surface area (Å²) in [4.78, 5) is 0. The maximum atomic E-state index is 9.93. The molecular formula is C11H21BN2O3. The number of aliphatic hydroxyl groups excluding tert-OH is 1. The number of aromatic nitrogens is 2. The highest BCUT2D eigenvalue weighted by molar-refractivity contribution is 6.46. The van der Waals surface area contributed by atoms with Crippen LogP contribution in [0.5, 0.6) is 0 Å². The van der Waals surface area contributed by atoms with E-state index in [-0.39, 0.29) is 6.61 Å². The van der Waals surface area contributed by atoms with Crippen molar-refractivity contribution >= 4 is 12.9 Å². The second-order valence-electron chi connectivity index (χ2n) is 5.19. The average Bonchev–Trinajstić information content (AvgIpc) is 2.62. The van der Waals surface area contributed by atoms with Crippen molar-refractivity contribution in [2.24, 2.45) is 0 Å². The minimum absolute atomic E-state index is 0.0666. The molecule has 0 fully saturated rings. The fraction of sp³-hybridized carbons (Fsp3) is 0.727. The summed E-state index contributed by atoms with van der Waals surface area (Å²) >= 11 is 0. The smallest absolute Gasteiger partial charge is 0.312 e. The predicted octanol–water partition coefficient (Wildman–Crippen LogP) is -0.582. The maximum absolute atomic E-state index is 9.93. The maximum Gasteiger partial charge on any atom is 0.312 e. The van der Waals surface area contributed by atoms with Crippen LogP contribution in [0.3, 0.4) is 0 Å². The number of nitrogens with zero attached hydrogens (tertiary/aromatic N) is 2. The Hall–Kier alpha value is -0.845. The second kappa shape index (κ2) is 5.20. The highest BCUT2D eigenvalue weighted by Gasteiger charge is 2.35. The molecule has 0 radical (unpaired) electrons. The Bertz CT molecular complexity index is 358. The summed E-state index contributed by atoms with van der Waals surface area (Å²) in [5.74, 6) is 0. The van der Waals surface area contributed by atoms with E-state index in [0.717, 1.165) is 5.46 Å². The van der Waals surface area contributed by atoms with Gasteiger partial charge in [-0.2, -0.15) is 5.10 Å². The first kappa shape index (κ1) is 14.2. The fourth-order valence-corrected chi connectivity index (χ4v) is 1.15. The number of hydrogen-bond acceptors (Lipinski definition) is 4. The lowest BCUT2D eigenvalue weighted by Gasteiger charge is -2.37. The Labute approximate surface area is 103 Å².